The van der Waals surface area contributed by atoms with Gasteiger partial charge in [0.1, 0.15) is 0 Å². The number of carbonyl (C=O) groups is 1. The summed E-state index contributed by atoms with van der Waals surface area (Å²) in [7, 11) is 0. The van der Waals surface area contributed by atoms with Crippen molar-refractivity contribution in [2.45, 2.75) is 118 Å². The van der Waals surface area contributed by atoms with Gasteiger partial charge in [-0.3, -0.25) is 0 Å². The van der Waals surface area contributed by atoms with Crippen LogP contribution in [-0.2, 0) is 9.32 Å². The molecule has 0 saturated heterocycles. The van der Waals surface area contributed by atoms with Crippen LogP contribution in [0.3, 0.4) is 0 Å². The summed E-state index contributed by atoms with van der Waals surface area (Å²) in [5.41, 5.74) is 0. The SMILES string of the molecule is CCCCCCC(=O)OP(CCCC)(CCCC)(CCCC)CCCC. The van der Waals surface area contributed by atoms with Crippen molar-refractivity contribution < 1.29 is 9.32 Å². The number of unbranched alkanes of at least 4 members (excludes halogenated alkanes) is 7. The number of rotatable bonds is 18. The van der Waals surface area contributed by atoms with E-state index in [-0.39, 0.29) is 5.97 Å². The molecule has 0 heterocycles. The van der Waals surface area contributed by atoms with E-state index < -0.39 is 6.83 Å². The summed E-state index contributed by atoms with van der Waals surface area (Å²) < 4.78 is 6.71. The second-order valence-corrected chi connectivity index (χ2v) is 14.1. The summed E-state index contributed by atoms with van der Waals surface area (Å²) in [5, 5.41) is 0. The van der Waals surface area contributed by atoms with Gasteiger partial charge in [-0.1, -0.05) is 0 Å². The van der Waals surface area contributed by atoms with E-state index in [2.05, 4.69) is 34.6 Å². The van der Waals surface area contributed by atoms with E-state index in [0.29, 0.717) is 6.42 Å². The fourth-order valence-electron chi connectivity index (χ4n) is 4.12. The Morgan fingerprint density at radius 3 is 1.31 bits per heavy atom. The van der Waals surface area contributed by atoms with Gasteiger partial charge in [-0.2, -0.15) is 0 Å². The topological polar surface area (TPSA) is 26.3 Å². The molecule has 26 heavy (non-hydrogen) atoms. The van der Waals surface area contributed by atoms with E-state index in [4.69, 9.17) is 4.52 Å². The molecule has 0 atom stereocenters. The number of carbonyl (C=O) groups excluding carboxylic acids is 1. The van der Waals surface area contributed by atoms with Crippen LogP contribution in [0.1, 0.15) is 118 Å². The summed E-state index contributed by atoms with van der Waals surface area (Å²) in [6, 6.07) is 0. The summed E-state index contributed by atoms with van der Waals surface area (Å²) in [6.07, 6.45) is 19.7. The van der Waals surface area contributed by atoms with Crippen LogP contribution in [0, 0.1) is 0 Å². The molecule has 158 valence electrons. The average molecular weight is 389 g/mol. The molecule has 0 aliphatic heterocycles. The first-order chi connectivity index (χ1) is 12.5. The minimum atomic E-state index is -2.41. The van der Waals surface area contributed by atoms with Gasteiger partial charge in [0.2, 0.25) is 0 Å². The van der Waals surface area contributed by atoms with Crippen molar-refractivity contribution in [1.82, 2.24) is 0 Å². The minimum absolute atomic E-state index is 0.123. The summed E-state index contributed by atoms with van der Waals surface area (Å²) in [6.45, 7) is 8.91. The predicted octanol–water partition coefficient (Wildman–Crippen LogP) is 8.17. The first-order valence-electron chi connectivity index (χ1n) is 11.7. The van der Waals surface area contributed by atoms with Gasteiger partial charge in [0, 0.05) is 0 Å². The van der Waals surface area contributed by atoms with Crippen LogP contribution in [0.2, 0.25) is 0 Å². The van der Waals surface area contributed by atoms with E-state index >= 15 is 0 Å². The zero-order chi connectivity index (χ0) is 19.8. The molecule has 0 bridgehead atoms. The molecule has 0 rings (SSSR count). The second kappa shape index (κ2) is 14.9. The van der Waals surface area contributed by atoms with Crippen molar-refractivity contribution in [2.24, 2.45) is 0 Å². The molecule has 0 N–H and O–H groups in total. The Morgan fingerprint density at radius 1 is 0.577 bits per heavy atom. The first kappa shape index (κ1) is 25.9. The first-order valence-corrected chi connectivity index (χ1v) is 14.6. The third-order valence-electron chi connectivity index (χ3n) is 5.90. The third-order valence-corrected chi connectivity index (χ3v) is 12.4. The fourth-order valence-corrected chi connectivity index (χ4v) is 11.0. The molecular formula is C23H49O2P. The summed E-state index contributed by atoms with van der Waals surface area (Å²) in [5.74, 6) is 0.123. The Balaban J connectivity index is 5.44. The van der Waals surface area contributed by atoms with Gasteiger partial charge in [0.15, 0.2) is 0 Å². The van der Waals surface area contributed by atoms with Gasteiger partial charge < -0.3 is 0 Å². The van der Waals surface area contributed by atoms with E-state index in [0.717, 1.165) is 12.8 Å². The Labute approximate surface area is 165 Å². The van der Waals surface area contributed by atoms with Gasteiger partial charge in [0.25, 0.3) is 0 Å². The number of hydrogen-bond donors (Lipinski definition) is 0. The Kier molecular flexibility index (Phi) is 14.8. The third kappa shape index (κ3) is 9.72. The van der Waals surface area contributed by atoms with Crippen LogP contribution in [0.15, 0.2) is 0 Å². The monoisotopic (exact) mass is 388 g/mol. The van der Waals surface area contributed by atoms with E-state index in [9.17, 15) is 4.79 Å². The van der Waals surface area contributed by atoms with Crippen molar-refractivity contribution in [3.8, 4) is 0 Å². The molecule has 2 nitrogen and oxygen atoms in total. The standard InChI is InChI=1S/C23H49O2P/c1-6-11-16-17-18-23(24)25-26(19-12-7-2,20-13-8-3,21-14-9-4)22-15-10-5/h6-22H2,1-5H3. The van der Waals surface area contributed by atoms with Crippen molar-refractivity contribution in [1.29, 1.82) is 0 Å². The molecule has 0 aromatic carbocycles. The molecule has 0 aliphatic rings. The van der Waals surface area contributed by atoms with Crippen molar-refractivity contribution in [2.75, 3.05) is 24.6 Å². The molecule has 0 amide bonds. The zero-order valence-electron chi connectivity index (χ0n) is 18.8. The summed E-state index contributed by atoms with van der Waals surface area (Å²) >= 11 is 0. The second-order valence-electron chi connectivity index (χ2n) is 8.44. The quantitative estimate of drug-likeness (QED) is 0.175. The Morgan fingerprint density at radius 2 is 0.962 bits per heavy atom. The van der Waals surface area contributed by atoms with E-state index in [1.54, 1.807) is 0 Å². The molecular weight excluding hydrogens is 339 g/mol. The van der Waals surface area contributed by atoms with Crippen LogP contribution in [0.25, 0.3) is 0 Å². The maximum atomic E-state index is 12.9. The van der Waals surface area contributed by atoms with Crippen molar-refractivity contribution >= 4 is 12.8 Å². The zero-order valence-corrected chi connectivity index (χ0v) is 19.7. The maximum absolute atomic E-state index is 12.9. The van der Waals surface area contributed by atoms with Gasteiger partial charge in [-0.25, -0.2) is 0 Å². The normalized spacial score (nSPS) is 13.3. The van der Waals surface area contributed by atoms with Crippen LogP contribution >= 0.6 is 6.83 Å². The van der Waals surface area contributed by atoms with Crippen LogP contribution in [-0.4, -0.2) is 30.6 Å². The molecule has 0 aromatic heterocycles. The Hall–Kier alpha value is -0.100. The van der Waals surface area contributed by atoms with Crippen LogP contribution in [0.5, 0.6) is 0 Å². The molecule has 0 fully saturated rings. The molecule has 0 aromatic rings. The molecule has 0 saturated carbocycles. The van der Waals surface area contributed by atoms with E-state index in [1.165, 1.54) is 88.9 Å². The van der Waals surface area contributed by atoms with Crippen LogP contribution in [0.4, 0.5) is 0 Å². The predicted molar refractivity (Wildman–Crippen MR) is 121 cm³/mol. The van der Waals surface area contributed by atoms with Crippen molar-refractivity contribution in [3.05, 3.63) is 0 Å². The van der Waals surface area contributed by atoms with Gasteiger partial charge >= 0.3 is 165 Å². The van der Waals surface area contributed by atoms with Gasteiger partial charge in [0.05, 0.1) is 0 Å². The van der Waals surface area contributed by atoms with E-state index in [1.807, 2.05) is 0 Å². The molecule has 0 unspecified atom stereocenters. The molecule has 0 spiro atoms. The molecule has 0 radical (unpaired) electrons. The van der Waals surface area contributed by atoms with Crippen LogP contribution < -0.4 is 0 Å². The van der Waals surface area contributed by atoms with Crippen molar-refractivity contribution in [3.63, 3.8) is 0 Å². The average Bonchev–Trinajstić information content (AvgIpc) is 2.65. The number of hydrogen-bond acceptors (Lipinski definition) is 2. The molecule has 3 heteroatoms. The molecule has 0 aliphatic carbocycles. The van der Waals surface area contributed by atoms with Gasteiger partial charge in [-0.05, 0) is 0 Å². The van der Waals surface area contributed by atoms with Gasteiger partial charge in [-0.15, -0.1) is 0 Å². The Bertz CT molecular complexity index is 311. The summed E-state index contributed by atoms with van der Waals surface area (Å²) in [4.78, 5) is 12.9. The fraction of sp³-hybridized carbons (Fsp3) is 0.957.